The molecule has 5 rings (SSSR count). The van der Waals surface area contributed by atoms with E-state index >= 15 is 0 Å². The van der Waals surface area contributed by atoms with Gasteiger partial charge in [0.2, 0.25) is 5.91 Å². The van der Waals surface area contributed by atoms with Crippen LogP contribution in [0.15, 0.2) is 53.6 Å². The molecule has 2 heterocycles. The van der Waals surface area contributed by atoms with E-state index in [1.165, 1.54) is 5.56 Å². The van der Waals surface area contributed by atoms with Crippen molar-refractivity contribution in [3.8, 4) is 5.75 Å². The van der Waals surface area contributed by atoms with Crippen molar-refractivity contribution in [1.29, 1.82) is 0 Å². The maximum absolute atomic E-state index is 13.8. The monoisotopic (exact) mass is 504 g/mol. The van der Waals surface area contributed by atoms with E-state index in [2.05, 4.69) is 36.1 Å². The number of rotatable bonds is 9. The molecule has 0 radical (unpaired) electrons. The van der Waals surface area contributed by atoms with Gasteiger partial charge in [-0.3, -0.25) is 14.5 Å². The molecule has 2 aliphatic heterocycles. The number of hydrazone groups is 1. The summed E-state index contributed by atoms with van der Waals surface area (Å²) in [4.78, 5) is 30.9. The fourth-order valence-electron chi connectivity index (χ4n) is 4.92. The Hall–Kier alpha value is -3.23. The molecule has 3 aliphatic rings. The van der Waals surface area contributed by atoms with Crippen LogP contribution < -0.4 is 4.74 Å². The van der Waals surface area contributed by atoms with Gasteiger partial charge in [0.05, 0.1) is 32.1 Å². The van der Waals surface area contributed by atoms with Crippen molar-refractivity contribution in [2.75, 3.05) is 53.0 Å². The number of ether oxygens (including phenoxy) is 2. The van der Waals surface area contributed by atoms with E-state index in [1.54, 1.807) is 17.0 Å². The molecule has 8 nitrogen and oxygen atoms in total. The first-order valence-corrected chi connectivity index (χ1v) is 13.2. The topological polar surface area (TPSA) is 74.7 Å². The van der Waals surface area contributed by atoms with Crippen LogP contribution in [0.25, 0.3) is 0 Å². The number of carbonyl (C=O) groups is 2. The summed E-state index contributed by atoms with van der Waals surface area (Å²) in [5.41, 5.74) is 4.03. The van der Waals surface area contributed by atoms with Gasteiger partial charge in [-0.1, -0.05) is 29.8 Å². The second-order valence-electron chi connectivity index (χ2n) is 10.1. The Morgan fingerprint density at radius 3 is 2.41 bits per heavy atom. The highest BCUT2D eigenvalue weighted by Crippen LogP contribution is 2.34. The molecule has 0 bridgehead atoms. The lowest BCUT2D eigenvalue weighted by molar-refractivity contribution is -0.142. The van der Waals surface area contributed by atoms with Crippen molar-refractivity contribution in [3.05, 3.63) is 65.2 Å². The SMILES string of the molecule is COc1ccc(C2=NN(C(=O)CN(CCN3CCOCC3)C(=O)C3CC3)[C@@H](c3ccc(C)cc3)C2)cc1. The highest BCUT2D eigenvalue weighted by Gasteiger charge is 2.38. The molecule has 0 spiro atoms. The molecule has 1 aliphatic carbocycles. The lowest BCUT2D eigenvalue weighted by Crippen LogP contribution is -2.47. The van der Waals surface area contributed by atoms with Crippen molar-refractivity contribution < 1.29 is 19.1 Å². The molecule has 2 aromatic carbocycles. The van der Waals surface area contributed by atoms with E-state index in [4.69, 9.17) is 14.6 Å². The van der Waals surface area contributed by atoms with Gasteiger partial charge in [0, 0.05) is 38.5 Å². The molecule has 2 fully saturated rings. The van der Waals surface area contributed by atoms with E-state index in [9.17, 15) is 9.59 Å². The van der Waals surface area contributed by atoms with Crippen molar-refractivity contribution in [1.82, 2.24) is 14.8 Å². The fraction of sp³-hybridized carbons (Fsp3) is 0.483. The number of benzene rings is 2. The Morgan fingerprint density at radius 2 is 1.76 bits per heavy atom. The molecule has 2 amide bonds. The number of hydrogen-bond donors (Lipinski definition) is 0. The zero-order valence-corrected chi connectivity index (χ0v) is 21.8. The summed E-state index contributed by atoms with van der Waals surface area (Å²) in [7, 11) is 1.64. The van der Waals surface area contributed by atoms with Crippen molar-refractivity contribution in [2.24, 2.45) is 11.0 Å². The number of amides is 2. The second-order valence-corrected chi connectivity index (χ2v) is 10.1. The minimum atomic E-state index is -0.206. The number of nitrogens with zero attached hydrogens (tertiary/aromatic N) is 4. The summed E-state index contributed by atoms with van der Waals surface area (Å²) in [6.07, 6.45) is 2.44. The molecule has 37 heavy (non-hydrogen) atoms. The Kier molecular flexibility index (Phi) is 7.86. The normalized spacial score (nSPS) is 20.0. The van der Waals surface area contributed by atoms with Crippen molar-refractivity contribution in [2.45, 2.75) is 32.2 Å². The predicted molar refractivity (Wildman–Crippen MR) is 141 cm³/mol. The van der Waals surface area contributed by atoms with E-state index in [0.717, 1.165) is 55.1 Å². The lowest BCUT2D eigenvalue weighted by atomic mass is 9.97. The maximum Gasteiger partial charge on any atom is 0.262 e. The highest BCUT2D eigenvalue weighted by atomic mass is 16.5. The minimum Gasteiger partial charge on any atom is -0.497 e. The molecule has 0 aromatic heterocycles. The van der Waals surface area contributed by atoms with Crippen LogP contribution in [-0.2, 0) is 14.3 Å². The van der Waals surface area contributed by atoms with Gasteiger partial charge in [-0.05, 0) is 55.2 Å². The van der Waals surface area contributed by atoms with Crippen LogP contribution in [0.4, 0.5) is 0 Å². The Labute approximate surface area is 218 Å². The molecule has 0 unspecified atom stereocenters. The molecule has 8 heteroatoms. The van der Waals surface area contributed by atoms with E-state index in [1.807, 2.05) is 24.3 Å². The molecule has 1 saturated heterocycles. The van der Waals surface area contributed by atoms with Crippen LogP contribution >= 0.6 is 0 Å². The van der Waals surface area contributed by atoms with Gasteiger partial charge in [-0.25, -0.2) is 5.01 Å². The molecule has 0 N–H and O–H groups in total. The van der Waals surface area contributed by atoms with Crippen LogP contribution in [0, 0.1) is 12.8 Å². The molecule has 2 aromatic rings. The number of hydrogen-bond acceptors (Lipinski definition) is 6. The van der Waals surface area contributed by atoms with Gasteiger partial charge in [-0.15, -0.1) is 0 Å². The Bertz CT molecular complexity index is 1120. The largest absolute Gasteiger partial charge is 0.497 e. The molecule has 1 atom stereocenters. The van der Waals surface area contributed by atoms with Gasteiger partial charge in [0.1, 0.15) is 12.3 Å². The number of carbonyl (C=O) groups excluding carboxylic acids is 2. The van der Waals surface area contributed by atoms with Gasteiger partial charge in [-0.2, -0.15) is 5.10 Å². The van der Waals surface area contributed by atoms with E-state index in [0.29, 0.717) is 26.2 Å². The summed E-state index contributed by atoms with van der Waals surface area (Å²) in [6.45, 7) is 6.52. The smallest absolute Gasteiger partial charge is 0.262 e. The summed E-state index contributed by atoms with van der Waals surface area (Å²) in [5, 5.41) is 6.41. The highest BCUT2D eigenvalue weighted by molar-refractivity contribution is 6.03. The van der Waals surface area contributed by atoms with Gasteiger partial charge >= 0.3 is 0 Å². The summed E-state index contributed by atoms with van der Waals surface area (Å²) in [5.74, 6) is 0.777. The van der Waals surface area contributed by atoms with Crippen LogP contribution in [0.3, 0.4) is 0 Å². The van der Waals surface area contributed by atoms with Crippen LogP contribution in [-0.4, -0.2) is 85.4 Å². The van der Waals surface area contributed by atoms with Gasteiger partial charge < -0.3 is 14.4 Å². The first kappa shape index (κ1) is 25.4. The van der Waals surface area contributed by atoms with Crippen molar-refractivity contribution in [3.63, 3.8) is 0 Å². The van der Waals surface area contributed by atoms with Gasteiger partial charge in [0.15, 0.2) is 0 Å². The number of aryl methyl sites for hydroxylation is 1. The third kappa shape index (κ3) is 6.19. The third-order valence-electron chi connectivity index (χ3n) is 7.41. The standard InChI is InChI=1S/C29H36N4O4/c1-21-3-5-23(6-4-21)27-19-26(22-9-11-25(36-2)12-10-22)30-33(27)28(34)20-32(29(35)24-7-8-24)14-13-31-15-17-37-18-16-31/h3-6,9-12,24,27H,7-8,13-20H2,1-2H3/t27-/m1/s1. The predicted octanol–water partition coefficient (Wildman–Crippen LogP) is 3.25. The van der Waals surface area contributed by atoms with E-state index < -0.39 is 0 Å². The van der Waals surface area contributed by atoms with Crippen LogP contribution in [0.1, 0.15) is 42.0 Å². The first-order chi connectivity index (χ1) is 18.0. The van der Waals surface area contributed by atoms with E-state index in [-0.39, 0.29) is 30.3 Å². The lowest BCUT2D eigenvalue weighted by Gasteiger charge is -2.31. The second kappa shape index (κ2) is 11.4. The zero-order valence-electron chi connectivity index (χ0n) is 21.8. The molecule has 1 saturated carbocycles. The summed E-state index contributed by atoms with van der Waals surface area (Å²) < 4.78 is 10.7. The zero-order chi connectivity index (χ0) is 25.8. The van der Waals surface area contributed by atoms with Crippen LogP contribution in [0.5, 0.6) is 5.75 Å². The first-order valence-electron chi connectivity index (χ1n) is 13.2. The minimum absolute atomic E-state index is 0.0431. The number of methoxy groups -OCH3 is 1. The average molecular weight is 505 g/mol. The van der Waals surface area contributed by atoms with Crippen molar-refractivity contribution >= 4 is 17.5 Å². The van der Waals surface area contributed by atoms with Crippen LogP contribution in [0.2, 0.25) is 0 Å². The molecular formula is C29H36N4O4. The summed E-state index contributed by atoms with van der Waals surface area (Å²) >= 11 is 0. The Morgan fingerprint density at radius 1 is 1.05 bits per heavy atom. The molecule has 196 valence electrons. The number of morpholine rings is 1. The van der Waals surface area contributed by atoms with Gasteiger partial charge in [0.25, 0.3) is 5.91 Å². The molecular weight excluding hydrogens is 468 g/mol. The fourth-order valence-corrected chi connectivity index (χ4v) is 4.92. The third-order valence-corrected chi connectivity index (χ3v) is 7.41. The quantitative estimate of drug-likeness (QED) is 0.524. The maximum atomic E-state index is 13.8. The summed E-state index contributed by atoms with van der Waals surface area (Å²) in [6, 6.07) is 15.8. The average Bonchev–Trinajstić information content (AvgIpc) is 3.69. The Balaban J connectivity index is 1.35.